The molecule has 5 nitrogen and oxygen atoms in total. The molecule has 2 aromatic carbocycles. The van der Waals surface area contributed by atoms with Crippen LogP contribution in [0.1, 0.15) is 19.8 Å². The Balaban J connectivity index is 1.56. The van der Waals surface area contributed by atoms with Crippen LogP contribution in [0.4, 0.5) is 5.69 Å². The monoisotopic (exact) mass is 378 g/mol. The number of carbonyl (C=O) groups excluding carboxylic acids is 1. The zero-order chi connectivity index (χ0) is 18.6. The number of carbonyl (C=O) groups is 1. The summed E-state index contributed by atoms with van der Waals surface area (Å²) < 4.78 is 2.09. The van der Waals surface area contributed by atoms with E-state index in [0.29, 0.717) is 5.92 Å². The Hall–Kier alpha value is -2.60. The van der Waals surface area contributed by atoms with E-state index < -0.39 is 0 Å². The van der Waals surface area contributed by atoms with Gasteiger partial charge in [-0.2, -0.15) is 0 Å². The van der Waals surface area contributed by atoms with Crippen LogP contribution in [0.3, 0.4) is 0 Å². The lowest BCUT2D eigenvalue weighted by Gasteiger charge is -2.16. The fraction of sp³-hybridized carbons (Fsp3) is 0.286. The number of nitrogens with zero attached hydrogens (tertiary/aromatic N) is 3. The molecular weight excluding hydrogens is 356 g/mol. The van der Waals surface area contributed by atoms with Gasteiger partial charge in [-0.1, -0.05) is 60.3 Å². The number of amides is 1. The van der Waals surface area contributed by atoms with Crippen LogP contribution in [0.15, 0.2) is 65.8 Å². The minimum absolute atomic E-state index is 0.0422. The van der Waals surface area contributed by atoms with E-state index in [2.05, 4.69) is 27.0 Å². The lowest BCUT2D eigenvalue weighted by Crippen LogP contribution is -2.27. The van der Waals surface area contributed by atoms with E-state index in [4.69, 9.17) is 0 Å². The van der Waals surface area contributed by atoms with Crippen LogP contribution in [0, 0.1) is 5.92 Å². The van der Waals surface area contributed by atoms with Crippen molar-refractivity contribution in [3.05, 3.63) is 60.7 Å². The molecule has 1 unspecified atom stereocenters. The van der Waals surface area contributed by atoms with Gasteiger partial charge in [0.1, 0.15) is 0 Å². The molecule has 4 rings (SSSR count). The van der Waals surface area contributed by atoms with Crippen molar-refractivity contribution in [3.63, 3.8) is 0 Å². The summed E-state index contributed by atoms with van der Waals surface area (Å²) in [4.78, 5) is 12.9. The maximum Gasteiger partial charge on any atom is 0.238 e. The Bertz CT molecular complexity index is 906. The molecule has 1 N–H and O–H groups in total. The summed E-state index contributed by atoms with van der Waals surface area (Å²) in [7, 11) is 0. The molecule has 1 aromatic heterocycles. The van der Waals surface area contributed by atoms with Crippen LogP contribution >= 0.6 is 11.8 Å². The van der Waals surface area contributed by atoms with Gasteiger partial charge in [0.2, 0.25) is 5.91 Å². The topological polar surface area (TPSA) is 59.8 Å². The molecule has 0 aliphatic heterocycles. The van der Waals surface area contributed by atoms with Gasteiger partial charge in [0, 0.05) is 17.8 Å². The molecule has 0 spiro atoms. The molecule has 1 heterocycles. The van der Waals surface area contributed by atoms with Gasteiger partial charge in [-0.15, -0.1) is 10.2 Å². The minimum atomic E-state index is -0.150. The van der Waals surface area contributed by atoms with E-state index in [0.717, 1.165) is 41.6 Å². The van der Waals surface area contributed by atoms with Crippen molar-refractivity contribution in [2.45, 2.75) is 36.7 Å². The van der Waals surface area contributed by atoms with Crippen molar-refractivity contribution >= 4 is 23.4 Å². The highest BCUT2D eigenvalue weighted by atomic mass is 32.2. The first-order chi connectivity index (χ1) is 13.3. The Morgan fingerprint density at radius 1 is 1.11 bits per heavy atom. The normalized spacial score (nSPS) is 14.7. The average molecular weight is 379 g/mol. The summed E-state index contributed by atoms with van der Waals surface area (Å²) in [6.45, 7) is 2.84. The van der Waals surface area contributed by atoms with Crippen molar-refractivity contribution in [1.82, 2.24) is 14.8 Å². The third-order valence-corrected chi connectivity index (χ3v) is 6.01. The highest BCUT2D eigenvalue weighted by Crippen LogP contribution is 2.42. The first-order valence-electron chi connectivity index (χ1n) is 9.27. The van der Waals surface area contributed by atoms with Crippen LogP contribution in [0.5, 0.6) is 0 Å². The molecule has 1 amide bonds. The Labute approximate surface area is 163 Å². The van der Waals surface area contributed by atoms with Crippen LogP contribution in [0.25, 0.3) is 11.4 Å². The van der Waals surface area contributed by atoms with E-state index in [1.807, 2.05) is 60.7 Å². The fourth-order valence-electron chi connectivity index (χ4n) is 3.07. The summed E-state index contributed by atoms with van der Waals surface area (Å²) in [6.07, 6.45) is 2.18. The molecule has 1 atom stereocenters. The Morgan fingerprint density at radius 3 is 2.41 bits per heavy atom. The third kappa shape index (κ3) is 4.06. The van der Waals surface area contributed by atoms with Crippen molar-refractivity contribution in [2.24, 2.45) is 5.92 Å². The number of hydrogen-bond donors (Lipinski definition) is 1. The van der Waals surface area contributed by atoms with Crippen LogP contribution < -0.4 is 5.32 Å². The van der Waals surface area contributed by atoms with E-state index in [1.165, 1.54) is 11.8 Å². The molecular formula is C21H22N4OS. The van der Waals surface area contributed by atoms with E-state index in [9.17, 15) is 4.79 Å². The first kappa shape index (κ1) is 17.8. The second-order valence-corrected chi connectivity index (χ2v) is 7.76. The second-order valence-electron chi connectivity index (χ2n) is 6.65. The highest BCUT2D eigenvalue weighted by Gasteiger charge is 2.38. The number of anilines is 1. The summed E-state index contributed by atoms with van der Waals surface area (Å²) in [6, 6.07) is 19.7. The van der Waals surface area contributed by atoms with Crippen LogP contribution in [-0.4, -0.2) is 25.9 Å². The smallest absolute Gasteiger partial charge is 0.238 e. The molecule has 1 aliphatic rings. The molecule has 6 heteroatoms. The predicted molar refractivity (Wildman–Crippen MR) is 109 cm³/mol. The minimum Gasteiger partial charge on any atom is -0.325 e. The lowest BCUT2D eigenvalue weighted by atomic mass is 10.2. The summed E-state index contributed by atoms with van der Waals surface area (Å²) in [5.41, 5.74) is 1.87. The Kier molecular flexibility index (Phi) is 5.25. The Morgan fingerprint density at radius 2 is 1.78 bits per heavy atom. The quantitative estimate of drug-likeness (QED) is 0.616. The number of rotatable bonds is 7. The average Bonchev–Trinajstić information content (AvgIpc) is 3.47. The van der Waals surface area contributed by atoms with Gasteiger partial charge >= 0.3 is 0 Å². The number of hydrogen-bond acceptors (Lipinski definition) is 4. The largest absolute Gasteiger partial charge is 0.325 e. The van der Waals surface area contributed by atoms with Crippen molar-refractivity contribution in [2.75, 3.05) is 5.32 Å². The van der Waals surface area contributed by atoms with Crippen LogP contribution in [-0.2, 0) is 11.3 Å². The van der Waals surface area contributed by atoms with Gasteiger partial charge in [-0.3, -0.25) is 4.79 Å². The SMILES string of the molecule is CCn1c(SC(C(=O)Nc2ccccc2)C2CC2)nnc1-c1ccccc1. The number of aromatic nitrogens is 3. The number of nitrogens with one attached hydrogen (secondary N) is 1. The molecule has 27 heavy (non-hydrogen) atoms. The lowest BCUT2D eigenvalue weighted by molar-refractivity contribution is -0.116. The highest BCUT2D eigenvalue weighted by molar-refractivity contribution is 8.00. The number of benzene rings is 2. The maximum absolute atomic E-state index is 12.9. The number of para-hydroxylation sites is 1. The molecule has 138 valence electrons. The predicted octanol–water partition coefficient (Wildman–Crippen LogP) is 4.47. The second kappa shape index (κ2) is 7.96. The molecule has 0 saturated heterocycles. The summed E-state index contributed by atoms with van der Waals surface area (Å²) in [5.74, 6) is 1.29. The van der Waals surface area contributed by atoms with E-state index >= 15 is 0 Å². The van der Waals surface area contributed by atoms with Gasteiger partial charge in [-0.05, 0) is 37.8 Å². The van der Waals surface area contributed by atoms with E-state index in [1.54, 1.807) is 0 Å². The molecule has 0 bridgehead atoms. The first-order valence-corrected chi connectivity index (χ1v) is 10.2. The third-order valence-electron chi connectivity index (χ3n) is 4.65. The standard InChI is InChI=1S/C21H22N4OS/c1-2-25-19(16-9-5-3-6-10-16)23-24-21(25)27-18(15-13-14-15)20(26)22-17-11-7-4-8-12-17/h3-12,15,18H,2,13-14H2,1H3,(H,22,26). The van der Waals surface area contributed by atoms with Crippen molar-refractivity contribution in [3.8, 4) is 11.4 Å². The number of thioether (sulfide) groups is 1. The van der Waals surface area contributed by atoms with Crippen molar-refractivity contribution in [1.29, 1.82) is 0 Å². The molecule has 1 fully saturated rings. The van der Waals surface area contributed by atoms with Gasteiger partial charge in [0.25, 0.3) is 0 Å². The molecule has 1 aliphatic carbocycles. The summed E-state index contributed by atoms with van der Waals surface area (Å²) in [5, 5.41) is 12.5. The molecule has 1 saturated carbocycles. The van der Waals surface area contributed by atoms with E-state index in [-0.39, 0.29) is 11.2 Å². The molecule has 3 aromatic rings. The van der Waals surface area contributed by atoms with Crippen molar-refractivity contribution < 1.29 is 4.79 Å². The summed E-state index contributed by atoms with van der Waals surface area (Å²) >= 11 is 1.53. The fourth-order valence-corrected chi connectivity index (χ4v) is 4.36. The van der Waals surface area contributed by atoms with Gasteiger partial charge in [0.05, 0.1) is 5.25 Å². The zero-order valence-corrected chi connectivity index (χ0v) is 16.0. The maximum atomic E-state index is 12.9. The van der Waals surface area contributed by atoms with Gasteiger partial charge in [0.15, 0.2) is 11.0 Å². The van der Waals surface area contributed by atoms with Crippen LogP contribution in [0.2, 0.25) is 0 Å². The zero-order valence-electron chi connectivity index (χ0n) is 15.2. The van der Waals surface area contributed by atoms with Gasteiger partial charge in [-0.25, -0.2) is 0 Å². The molecule has 0 radical (unpaired) electrons. The van der Waals surface area contributed by atoms with Gasteiger partial charge < -0.3 is 9.88 Å².